The Labute approximate surface area is 169 Å². The van der Waals surface area contributed by atoms with Crippen molar-refractivity contribution in [2.24, 2.45) is 5.92 Å². The van der Waals surface area contributed by atoms with Gasteiger partial charge in [0.05, 0.1) is 11.4 Å². The Balaban J connectivity index is 1.56. The molecule has 0 atom stereocenters. The lowest BCUT2D eigenvalue weighted by molar-refractivity contribution is 0.382. The summed E-state index contributed by atoms with van der Waals surface area (Å²) in [6.45, 7) is 6.35. The molecule has 0 amide bonds. The van der Waals surface area contributed by atoms with Crippen molar-refractivity contribution >= 4 is 17.7 Å². The first kappa shape index (κ1) is 19.0. The summed E-state index contributed by atoms with van der Waals surface area (Å²) in [5.41, 5.74) is 1.07. The van der Waals surface area contributed by atoms with Crippen LogP contribution < -0.4 is 4.90 Å². The van der Waals surface area contributed by atoms with E-state index in [4.69, 9.17) is 4.52 Å². The molecule has 0 saturated carbocycles. The first-order chi connectivity index (χ1) is 13.7. The molecular weight excluding hydrogens is 372 g/mol. The summed E-state index contributed by atoms with van der Waals surface area (Å²) in [7, 11) is 0. The zero-order chi connectivity index (χ0) is 19.3. The van der Waals surface area contributed by atoms with Crippen molar-refractivity contribution in [2.45, 2.75) is 50.4 Å². The molecule has 1 saturated heterocycles. The number of benzene rings is 1. The predicted molar refractivity (Wildman–Crippen MR) is 110 cm³/mol. The molecule has 3 heterocycles. The van der Waals surface area contributed by atoms with E-state index in [1.807, 2.05) is 18.2 Å². The van der Waals surface area contributed by atoms with E-state index in [0.717, 1.165) is 42.1 Å². The highest BCUT2D eigenvalue weighted by atomic mass is 32.2. The molecule has 0 radical (unpaired) electrons. The smallest absolute Gasteiger partial charge is 0.237 e. The SMILES string of the molecule is CC(C)Cc1noc(CSc2nnc(N3CCCCC3)n2-c2ccccc2)n1. The van der Waals surface area contributed by atoms with Gasteiger partial charge < -0.3 is 9.42 Å². The Bertz CT molecular complexity index is 885. The molecule has 8 heteroatoms. The first-order valence-corrected chi connectivity index (χ1v) is 10.9. The Kier molecular flexibility index (Phi) is 5.95. The molecule has 2 aromatic heterocycles. The number of para-hydroxylation sites is 1. The van der Waals surface area contributed by atoms with Crippen LogP contribution in [0.15, 0.2) is 40.0 Å². The van der Waals surface area contributed by atoms with E-state index >= 15 is 0 Å². The van der Waals surface area contributed by atoms with E-state index in [-0.39, 0.29) is 0 Å². The lowest BCUT2D eigenvalue weighted by Crippen LogP contribution is -2.31. The van der Waals surface area contributed by atoms with Crippen molar-refractivity contribution < 1.29 is 4.52 Å². The van der Waals surface area contributed by atoms with Crippen LogP contribution in [0.1, 0.15) is 44.8 Å². The molecule has 0 aliphatic carbocycles. The Morgan fingerprint density at radius 3 is 2.61 bits per heavy atom. The number of nitrogens with zero attached hydrogens (tertiary/aromatic N) is 6. The minimum Gasteiger partial charge on any atom is -0.341 e. The Hall–Kier alpha value is -2.35. The topological polar surface area (TPSA) is 72.9 Å². The average Bonchev–Trinajstić information content (AvgIpc) is 3.34. The van der Waals surface area contributed by atoms with E-state index in [2.05, 4.69) is 55.8 Å². The standard InChI is InChI=1S/C20H26N6OS/c1-15(2)13-17-21-18(27-24-17)14-28-20-23-22-19(25-11-7-4-8-12-25)26(20)16-9-5-3-6-10-16/h3,5-6,9-10,15H,4,7-8,11-14H2,1-2H3. The maximum atomic E-state index is 5.41. The third-order valence-electron chi connectivity index (χ3n) is 4.70. The molecule has 1 fully saturated rings. The Morgan fingerprint density at radius 1 is 1.07 bits per heavy atom. The van der Waals surface area contributed by atoms with Crippen LogP contribution in [0.4, 0.5) is 5.95 Å². The van der Waals surface area contributed by atoms with E-state index in [0.29, 0.717) is 17.6 Å². The van der Waals surface area contributed by atoms with Crippen molar-refractivity contribution in [2.75, 3.05) is 18.0 Å². The zero-order valence-electron chi connectivity index (χ0n) is 16.4. The lowest BCUT2D eigenvalue weighted by atomic mass is 10.1. The van der Waals surface area contributed by atoms with Gasteiger partial charge in [0.2, 0.25) is 11.8 Å². The zero-order valence-corrected chi connectivity index (χ0v) is 17.2. The molecule has 1 aliphatic rings. The van der Waals surface area contributed by atoms with Gasteiger partial charge in [-0.1, -0.05) is 49.0 Å². The molecule has 0 spiro atoms. The van der Waals surface area contributed by atoms with Gasteiger partial charge in [-0.2, -0.15) is 4.98 Å². The second-order valence-electron chi connectivity index (χ2n) is 7.49. The predicted octanol–water partition coefficient (Wildman–Crippen LogP) is 4.13. The Morgan fingerprint density at radius 2 is 1.86 bits per heavy atom. The normalized spacial score (nSPS) is 14.8. The lowest BCUT2D eigenvalue weighted by Gasteiger charge is -2.27. The molecule has 1 aromatic carbocycles. The largest absolute Gasteiger partial charge is 0.341 e. The number of rotatable bonds is 7. The summed E-state index contributed by atoms with van der Waals surface area (Å²) < 4.78 is 7.55. The van der Waals surface area contributed by atoms with Crippen LogP contribution in [0, 0.1) is 5.92 Å². The van der Waals surface area contributed by atoms with Gasteiger partial charge >= 0.3 is 0 Å². The number of piperidine rings is 1. The van der Waals surface area contributed by atoms with Crippen molar-refractivity contribution in [1.29, 1.82) is 0 Å². The minimum atomic E-state index is 0.506. The number of hydrogen-bond donors (Lipinski definition) is 0. The van der Waals surface area contributed by atoms with Crippen molar-refractivity contribution in [3.63, 3.8) is 0 Å². The summed E-state index contributed by atoms with van der Waals surface area (Å²) in [6.07, 6.45) is 4.51. The van der Waals surface area contributed by atoms with Gasteiger partial charge in [0, 0.05) is 19.5 Å². The van der Waals surface area contributed by atoms with Crippen LogP contribution >= 0.6 is 11.8 Å². The summed E-state index contributed by atoms with van der Waals surface area (Å²) in [6, 6.07) is 10.3. The molecule has 7 nitrogen and oxygen atoms in total. The maximum absolute atomic E-state index is 5.41. The second kappa shape index (κ2) is 8.77. The van der Waals surface area contributed by atoms with Crippen LogP contribution in [-0.2, 0) is 12.2 Å². The van der Waals surface area contributed by atoms with E-state index in [9.17, 15) is 0 Å². The number of aromatic nitrogens is 5. The fourth-order valence-corrected chi connectivity index (χ4v) is 4.17. The monoisotopic (exact) mass is 398 g/mol. The summed E-state index contributed by atoms with van der Waals surface area (Å²) >= 11 is 1.58. The third-order valence-corrected chi connectivity index (χ3v) is 5.61. The quantitative estimate of drug-likeness (QED) is 0.554. The van der Waals surface area contributed by atoms with Crippen LogP contribution in [0.2, 0.25) is 0 Å². The fraction of sp³-hybridized carbons (Fsp3) is 0.500. The summed E-state index contributed by atoms with van der Waals surface area (Å²) in [4.78, 5) is 6.83. The highest BCUT2D eigenvalue weighted by Gasteiger charge is 2.22. The molecule has 3 aromatic rings. The minimum absolute atomic E-state index is 0.506. The van der Waals surface area contributed by atoms with Gasteiger partial charge in [-0.3, -0.25) is 4.57 Å². The highest BCUT2D eigenvalue weighted by Crippen LogP contribution is 2.29. The van der Waals surface area contributed by atoms with E-state index in [1.54, 1.807) is 11.8 Å². The molecule has 1 aliphatic heterocycles. The van der Waals surface area contributed by atoms with Crippen LogP contribution in [0.25, 0.3) is 5.69 Å². The van der Waals surface area contributed by atoms with E-state index in [1.165, 1.54) is 19.3 Å². The van der Waals surface area contributed by atoms with Gasteiger partial charge in [-0.15, -0.1) is 10.2 Å². The van der Waals surface area contributed by atoms with Crippen LogP contribution in [0.3, 0.4) is 0 Å². The molecule has 0 bridgehead atoms. The second-order valence-corrected chi connectivity index (χ2v) is 8.43. The fourth-order valence-electron chi connectivity index (χ4n) is 3.38. The van der Waals surface area contributed by atoms with Crippen molar-refractivity contribution in [1.82, 2.24) is 24.9 Å². The summed E-state index contributed by atoms with van der Waals surface area (Å²) in [5.74, 6) is 3.40. The molecule has 0 N–H and O–H groups in total. The molecule has 4 rings (SSSR count). The van der Waals surface area contributed by atoms with Gasteiger partial charge in [-0.05, 0) is 37.3 Å². The van der Waals surface area contributed by atoms with Gasteiger partial charge in [0.25, 0.3) is 0 Å². The van der Waals surface area contributed by atoms with Crippen molar-refractivity contribution in [3.05, 3.63) is 42.0 Å². The number of anilines is 1. The van der Waals surface area contributed by atoms with Gasteiger partial charge in [-0.25, -0.2) is 0 Å². The molecular formula is C20H26N6OS. The molecule has 0 unspecified atom stereocenters. The average molecular weight is 399 g/mol. The molecule has 148 valence electrons. The summed E-state index contributed by atoms with van der Waals surface area (Å²) in [5, 5.41) is 13.9. The molecule has 28 heavy (non-hydrogen) atoms. The number of hydrogen-bond acceptors (Lipinski definition) is 7. The van der Waals surface area contributed by atoms with E-state index < -0.39 is 0 Å². The van der Waals surface area contributed by atoms with Crippen LogP contribution in [-0.4, -0.2) is 38.0 Å². The number of thioether (sulfide) groups is 1. The highest BCUT2D eigenvalue weighted by molar-refractivity contribution is 7.98. The third kappa shape index (κ3) is 4.38. The first-order valence-electron chi connectivity index (χ1n) is 9.91. The van der Waals surface area contributed by atoms with Gasteiger partial charge in [0.15, 0.2) is 11.0 Å². The van der Waals surface area contributed by atoms with Gasteiger partial charge in [0.1, 0.15) is 0 Å². The maximum Gasteiger partial charge on any atom is 0.237 e. The van der Waals surface area contributed by atoms with Crippen molar-refractivity contribution in [3.8, 4) is 5.69 Å². The van der Waals surface area contributed by atoms with Crippen LogP contribution in [0.5, 0.6) is 0 Å².